The average Bonchev–Trinajstić information content (AvgIpc) is 2.59. The quantitative estimate of drug-likeness (QED) is 0.852. The maximum Gasteiger partial charge on any atom is 0.261 e. The summed E-state index contributed by atoms with van der Waals surface area (Å²) in [6, 6.07) is 13.5. The van der Waals surface area contributed by atoms with Crippen LogP contribution in [-0.4, -0.2) is 19.1 Å². The van der Waals surface area contributed by atoms with Crippen LogP contribution < -0.4 is 14.8 Å². The molecule has 0 heterocycles. The molecule has 5 heteroatoms. The van der Waals surface area contributed by atoms with Crippen molar-refractivity contribution in [3.8, 4) is 11.5 Å². The fourth-order valence-corrected chi connectivity index (χ4v) is 2.16. The third-order valence-corrected chi connectivity index (χ3v) is 3.41. The third kappa shape index (κ3) is 4.45. The third-order valence-electron chi connectivity index (χ3n) is 3.41. The molecule has 23 heavy (non-hydrogen) atoms. The lowest BCUT2D eigenvalue weighted by Crippen LogP contribution is -2.37. The van der Waals surface area contributed by atoms with Gasteiger partial charge in [0.2, 0.25) is 0 Å². The summed E-state index contributed by atoms with van der Waals surface area (Å²) in [4.78, 5) is 12.3. The van der Waals surface area contributed by atoms with E-state index in [9.17, 15) is 9.18 Å². The molecular weight excluding hydrogens is 297 g/mol. The van der Waals surface area contributed by atoms with E-state index in [2.05, 4.69) is 5.32 Å². The highest BCUT2D eigenvalue weighted by molar-refractivity contribution is 5.81. The van der Waals surface area contributed by atoms with Crippen LogP contribution in [0, 0.1) is 5.82 Å². The number of amides is 1. The SMILES string of the molecule is CCC(Oc1ccccc1F)C(=O)NCc1ccccc1OC. The van der Waals surface area contributed by atoms with E-state index in [1.54, 1.807) is 19.2 Å². The summed E-state index contributed by atoms with van der Waals surface area (Å²) >= 11 is 0. The highest BCUT2D eigenvalue weighted by atomic mass is 19.1. The van der Waals surface area contributed by atoms with Crippen molar-refractivity contribution in [1.82, 2.24) is 5.32 Å². The van der Waals surface area contributed by atoms with E-state index in [1.165, 1.54) is 12.1 Å². The summed E-state index contributed by atoms with van der Waals surface area (Å²) < 4.78 is 24.4. The molecule has 0 saturated heterocycles. The Labute approximate surface area is 135 Å². The van der Waals surface area contributed by atoms with E-state index in [0.29, 0.717) is 18.7 Å². The first-order chi connectivity index (χ1) is 11.2. The number of rotatable bonds is 7. The summed E-state index contributed by atoms with van der Waals surface area (Å²) in [5.74, 6) is 0.00722. The van der Waals surface area contributed by atoms with Crippen LogP contribution in [0.3, 0.4) is 0 Å². The number of hydrogen-bond donors (Lipinski definition) is 1. The fraction of sp³-hybridized carbons (Fsp3) is 0.278. The molecular formula is C18H20FNO3. The lowest BCUT2D eigenvalue weighted by molar-refractivity contribution is -0.128. The second-order valence-electron chi connectivity index (χ2n) is 4.97. The van der Waals surface area contributed by atoms with E-state index in [4.69, 9.17) is 9.47 Å². The van der Waals surface area contributed by atoms with Crippen LogP contribution in [0.1, 0.15) is 18.9 Å². The van der Waals surface area contributed by atoms with E-state index in [-0.39, 0.29) is 11.7 Å². The summed E-state index contributed by atoms with van der Waals surface area (Å²) in [6.07, 6.45) is -0.312. The Morgan fingerprint density at radius 1 is 1.13 bits per heavy atom. The Kier molecular flexibility index (Phi) is 5.97. The minimum atomic E-state index is -0.749. The van der Waals surface area contributed by atoms with Crippen molar-refractivity contribution >= 4 is 5.91 Å². The molecule has 1 unspecified atom stereocenters. The monoisotopic (exact) mass is 317 g/mol. The zero-order valence-corrected chi connectivity index (χ0v) is 13.2. The zero-order chi connectivity index (χ0) is 16.7. The van der Waals surface area contributed by atoms with Crippen molar-refractivity contribution < 1.29 is 18.7 Å². The van der Waals surface area contributed by atoms with Gasteiger partial charge >= 0.3 is 0 Å². The van der Waals surface area contributed by atoms with Gasteiger partial charge in [-0.3, -0.25) is 4.79 Å². The number of carbonyl (C=O) groups excluding carboxylic acids is 1. The number of nitrogens with one attached hydrogen (secondary N) is 1. The van der Waals surface area contributed by atoms with Crippen molar-refractivity contribution in [1.29, 1.82) is 0 Å². The number of benzene rings is 2. The normalized spacial score (nSPS) is 11.6. The van der Waals surface area contributed by atoms with Crippen LogP contribution in [0.4, 0.5) is 4.39 Å². The minimum absolute atomic E-state index is 0.0757. The van der Waals surface area contributed by atoms with Crippen LogP contribution in [0.25, 0.3) is 0 Å². The van der Waals surface area contributed by atoms with Gasteiger partial charge in [0.15, 0.2) is 17.7 Å². The van der Waals surface area contributed by atoms with E-state index < -0.39 is 11.9 Å². The Hall–Kier alpha value is -2.56. The van der Waals surface area contributed by atoms with Crippen LogP contribution in [-0.2, 0) is 11.3 Å². The molecule has 2 aromatic carbocycles. The molecule has 2 rings (SSSR count). The Bertz CT molecular complexity index is 660. The van der Waals surface area contributed by atoms with Crippen LogP contribution in [0.2, 0.25) is 0 Å². The van der Waals surface area contributed by atoms with Crippen molar-refractivity contribution in [2.75, 3.05) is 7.11 Å². The van der Waals surface area contributed by atoms with E-state index in [0.717, 1.165) is 5.56 Å². The molecule has 122 valence electrons. The molecule has 0 aliphatic heterocycles. The average molecular weight is 317 g/mol. The van der Waals surface area contributed by atoms with Crippen molar-refractivity contribution in [3.63, 3.8) is 0 Å². The number of carbonyl (C=O) groups is 1. The predicted octanol–water partition coefficient (Wildman–Crippen LogP) is 3.31. The largest absolute Gasteiger partial charge is 0.496 e. The maximum absolute atomic E-state index is 13.6. The van der Waals surface area contributed by atoms with E-state index >= 15 is 0 Å². The topological polar surface area (TPSA) is 47.6 Å². The van der Waals surface area contributed by atoms with E-state index in [1.807, 2.05) is 31.2 Å². The molecule has 0 radical (unpaired) electrons. The Morgan fingerprint density at radius 3 is 2.43 bits per heavy atom. The van der Waals surface area contributed by atoms with Crippen LogP contribution in [0.15, 0.2) is 48.5 Å². The van der Waals surface area contributed by atoms with Gasteiger partial charge in [-0.15, -0.1) is 0 Å². The Balaban J connectivity index is 1.99. The molecule has 0 aromatic heterocycles. The molecule has 0 fully saturated rings. The minimum Gasteiger partial charge on any atom is -0.496 e. The summed E-state index contributed by atoms with van der Waals surface area (Å²) in [7, 11) is 1.58. The molecule has 1 amide bonds. The second kappa shape index (κ2) is 8.17. The fourth-order valence-electron chi connectivity index (χ4n) is 2.16. The van der Waals surface area contributed by atoms with Gasteiger partial charge in [0.1, 0.15) is 5.75 Å². The lowest BCUT2D eigenvalue weighted by Gasteiger charge is -2.18. The zero-order valence-electron chi connectivity index (χ0n) is 13.2. The molecule has 0 saturated carbocycles. The van der Waals surface area contributed by atoms with Gasteiger partial charge in [-0.05, 0) is 24.6 Å². The molecule has 0 aliphatic rings. The van der Waals surface area contributed by atoms with Gasteiger partial charge in [0.25, 0.3) is 5.91 Å². The molecule has 1 atom stereocenters. The predicted molar refractivity (Wildman–Crippen MR) is 85.9 cm³/mol. The molecule has 0 spiro atoms. The molecule has 0 bridgehead atoms. The summed E-state index contributed by atoms with van der Waals surface area (Å²) in [5, 5.41) is 2.80. The first-order valence-corrected chi connectivity index (χ1v) is 7.46. The summed E-state index contributed by atoms with van der Waals surface area (Å²) in [6.45, 7) is 2.13. The van der Waals surface area contributed by atoms with Gasteiger partial charge in [-0.25, -0.2) is 4.39 Å². The van der Waals surface area contributed by atoms with Gasteiger partial charge < -0.3 is 14.8 Å². The molecule has 4 nitrogen and oxygen atoms in total. The first-order valence-electron chi connectivity index (χ1n) is 7.46. The van der Waals surface area contributed by atoms with Crippen molar-refractivity contribution in [2.24, 2.45) is 0 Å². The molecule has 1 N–H and O–H groups in total. The lowest BCUT2D eigenvalue weighted by atomic mass is 10.2. The highest BCUT2D eigenvalue weighted by Gasteiger charge is 2.19. The smallest absolute Gasteiger partial charge is 0.261 e. The molecule has 2 aromatic rings. The number of ether oxygens (including phenoxy) is 2. The Morgan fingerprint density at radius 2 is 1.78 bits per heavy atom. The number of hydrogen-bond acceptors (Lipinski definition) is 3. The van der Waals surface area contributed by atoms with Crippen LogP contribution >= 0.6 is 0 Å². The van der Waals surface area contributed by atoms with Crippen LogP contribution in [0.5, 0.6) is 11.5 Å². The van der Waals surface area contributed by atoms with Gasteiger partial charge in [0.05, 0.1) is 7.11 Å². The first kappa shape index (κ1) is 16.8. The maximum atomic E-state index is 13.6. The summed E-state index contributed by atoms with van der Waals surface area (Å²) in [5.41, 5.74) is 0.865. The van der Waals surface area contributed by atoms with Crippen molar-refractivity contribution in [2.45, 2.75) is 26.0 Å². The number of methoxy groups -OCH3 is 1. The molecule has 0 aliphatic carbocycles. The highest BCUT2D eigenvalue weighted by Crippen LogP contribution is 2.19. The van der Waals surface area contributed by atoms with Crippen molar-refractivity contribution in [3.05, 3.63) is 59.9 Å². The standard InChI is InChI=1S/C18H20FNO3/c1-3-15(23-17-11-7-5-9-14(17)19)18(21)20-12-13-8-4-6-10-16(13)22-2/h4-11,15H,3,12H2,1-2H3,(H,20,21). The second-order valence-corrected chi connectivity index (χ2v) is 4.97. The number of para-hydroxylation sites is 2. The van der Waals surface area contributed by atoms with Gasteiger partial charge in [-0.1, -0.05) is 37.3 Å². The van der Waals surface area contributed by atoms with Gasteiger partial charge in [0, 0.05) is 12.1 Å². The van der Waals surface area contributed by atoms with Gasteiger partial charge in [-0.2, -0.15) is 0 Å². The number of halogens is 1.